The van der Waals surface area contributed by atoms with Gasteiger partial charge in [-0.1, -0.05) is 22.0 Å². The number of carbonyl (C=O) groups excluding carboxylic acids is 1. The monoisotopic (exact) mass is 344 g/mol. The highest BCUT2D eigenvalue weighted by molar-refractivity contribution is 9.10. The minimum atomic E-state index is -3.07. The Kier molecular flexibility index (Phi) is 3.05. The smallest absolute Gasteiger partial charge is 0.239 e. The lowest BCUT2D eigenvalue weighted by Gasteiger charge is -2.38. The number of amides is 1. The number of piperazine rings is 1. The van der Waals surface area contributed by atoms with Crippen molar-refractivity contribution in [1.29, 1.82) is 0 Å². The van der Waals surface area contributed by atoms with Crippen molar-refractivity contribution in [2.24, 2.45) is 0 Å². The van der Waals surface area contributed by atoms with E-state index < -0.39 is 9.84 Å². The highest BCUT2D eigenvalue weighted by Gasteiger charge is 2.45. The van der Waals surface area contributed by atoms with Crippen LogP contribution in [0.3, 0.4) is 0 Å². The number of anilines is 1. The van der Waals surface area contributed by atoms with E-state index in [2.05, 4.69) is 21.2 Å². The number of hydrogen-bond donors (Lipinski definition) is 1. The molecule has 0 bridgehead atoms. The Morgan fingerprint density at radius 1 is 1.32 bits per heavy atom. The van der Waals surface area contributed by atoms with E-state index in [0.717, 1.165) is 10.2 Å². The summed E-state index contributed by atoms with van der Waals surface area (Å²) >= 11 is 3.39. The van der Waals surface area contributed by atoms with Crippen LogP contribution in [0.1, 0.15) is 0 Å². The summed E-state index contributed by atoms with van der Waals surface area (Å²) in [5.74, 6) is 0.0107. The third-order valence-corrected chi connectivity index (χ3v) is 5.73. The van der Waals surface area contributed by atoms with Crippen molar-refractivity contribution >= 4 is 37.4 Å². The van der Waals surface area contributed by atoms with Gasteiger partial charge >= 0.3 is 0 Å². The van der Waals surface area contributed by atoms with Crippen molar-refractivity contribution in [2.75, 3.05) is 23.0 Å². The minimum absolute atomic E-state index is 0.0356. The molecule has 5 nitrogen and oxygen atoms in total. The van der Waals surface area contributed by atoms with Gasteiger partial charge in [-0.2, -0.15) is 0 Å². The number of halogens is 1. The van der Waals surface area contributed by atoms with Gasteiger partial charge < -0.3 is 10.2 Å². The number of rotatable bonds is 1. The van der Waals surface area contributed by atoms with Crippen molar-refractivity contribution in [2.45, 2.75) is 12.1 Å². The second kappa shape index (κ2) is 4.49. The lowest BCUT2D eigenvalue weighted by Crippen LogP contribution is -2.60. The molecule has 3 rings (SSSR count). The highest BCUT2D eigenvalue weighted by Crippen LogP contribution is 2.28. The average Bonchev–Trinajstić information content (AvgIpc) is 2.62. The van der Waals surface area contributed by atoms with E-state index >= 15 is 0 Å². The average molecular weight is 345 g/mol. The molecule has 1 N–H and O–H groups in total. The van der Waals surface area contributed by atoms with E-state index in [1.807, 2.05) is 29.2 Å². The number of sulfone groups is 1. The van der Waals surface area contributed by atoms with Crippen LogP contribution in [0.4, 0.5) is 5.69 Å². The summed E-state index contributed by atoms with van der Waals surface area (Å²) in [7, 11) is -3.07. The highest BCUT2D eigenvalue weighted by atomic mass is 79.9. The predicted octanol–water partition coefficient (Wildman–Crippen LogP) is 0.551. The van der Waals surface area contributed by atoms with Gasteiger partial charge in [0.15, 0.2) is 9.84 Å². The normalized spacial score (nSPS) is 28.9. The van der Waals surface area contributed by atoms with Crippen LogP contribution in [0.25, 0.3) is 0 Å². The fourth-order valence-corrected chi connectivity index (χ4v) is 5.04. The largest absolute Gasteiger partial charge is 0.356 e. The van der Waals surface area contributed by atoms with E-state index in [4.69, 9.17) is 0 Å². The first-order valence-electron chi connectivity index (χ1n) is 5.97. The van der Waals surface area contributed by atoms with Crippen LogP contribution in [-0.2, 0) is 14.6 Å². The molecule has 1 aromatic carbocycles. The number of nitrogens with zero attached hydrogens (tertiary/aromatic N) is 1. The zero-order valence-electron chi connectivity index (χ0n) is 10.0. The Morgan fingerprint density at radius 2 is 2.11 bits per heavy atom. The van der Waals surface area contributed by atoms with Crippen LogP contribution in [0, 0.1) is 0 Å². The summed E-state index contributed by atoms with van der Waals surface area (Å²) < 4.78 is 24.4. The van der Waals surface area contributed by atoms with Gasteiger partial charge in [0.25, 0.3) is 0 Å². The van der Waals surface area contributed by atoms with E-state index in [-0.39, 0.29) is 36.0 Å². The van der Waals surface area contributed by atoms with Gasteiger partial charge in [-0.05, 0) is 18.2 Å². The van der Waals surface area contributed by atoms with Crippen LogP contribution in [0.2, 0.25) is 0 Å². The van der Waals surface area contributed by atoms with Gasteiger partial charge in [-0.25, -0.2) is 8.42 Å². The molecule has 2 atom stereocenters. The van der Waals surface area contributed by atoms with E-state index in [1.165, 1.54) is 0 Å². The second-order valence-corrected chi connectivity index (χ2v) is 8.00. The topological polar surface area (TPSA) is 66.5 Å². The molecule has 0 saturated carbocycles. The Labute approximate surface area is 120 Å². The van der Waals surface area contributed by atoms with Crippen molar-refractivity contribution in [3.63, 3.8) is 0 Å². The molecule has 2 aliphatic rings. The van der Waals surface area contributed by atoms with Crippen molar-refractivity contribution in [3.05, 3.63) is 28.7 Å². The maximum Gasteiger partial charge on any atom is 0.239 e. The fraction of sp³-hybridized carbons (Fsp3) is 0.417. The summed E-state index contributed by atoms with van der Waals surface area (Å²) in [5, 5.41) is 2.78. The molecule has 0 spiro atoms. The first kappa shape index (κ1) is 12.9. The Balaban J connectivity index is 1.98. The molecule has 1 amide bonds. The third kappa shape index (κ3) is 2.49. The van der Waals surface area contributed by atoms with Gasteiger partial charge in [0, 0.05) is 10.2 Å². The van der Waals surface area contributed by atoms with Crippen LogP contribution in [0.15, 0.2) is 28.7 Å². The zero-order chi connectivity index (χ0) is 13.6. The minimum Gasteiger partial charge on any atom is -0.356 e. The molecule has 19 heavy (non-hydrogen) atoms. The molecule has 2 heterocycles. The van der Waals surface area contributed by atoms with Crippen molar-refractivity contribution in [1.82, 2.24) is 5.32 Å². The van der Waals surface area contributed by atoms with Gasteiger partial charge in [0.05, 0.1) is 30.1 Å². The molecule has 2 saturated heterocycles. The number of carbonyl (C=O) groups is 1. The van der Waals surface area contributed by atoms with Gasteiger partial charge in [0.2, 0.25) is 5.91 Å². The summed E-state index contributed by atoms with van der Waals surface area (Å²) in [6.07, 6.45) is 0. The third-order valence-electron chi connectivity index (χ3n) is 3.52. The molecule has 2 fully saturated rings. The molecule has 0 aromatic heterocycles. The first-order valence-corrected chi connectivity index (χ1v) is 8.58. The number of benzene rings is 1. The Morgan fingerprint density at radius 3 is 2.84 bits per heavy atom. The summed E-state index contributed by atoms with van der Waals surface area (Å²) in [4.78, 5) is 13.6. The molecule has 0 aliphatic carbocycles. The van der Waals surface area contributed by atoms with E-state index in [0.29, 0.717) is 0 Å². The summed E-state index contributed by atoms with van der Waals surface area (Å²) in [5.41, 5.74) is 0.872. The molecular formula is C12H13BrN2O3S. The molecular weight excluding hydrogens is 332 g/mol. The zero-order valence-corrected chi connectivity index (χ0v) is 12.4. The standard InChI is InChI=1S/C12H13BrN2O3S/c13-8-2-1-3-9(4-8)15-5-12(16)14-10-6-19(17,18)7-11(10)15/h1-4,10-11H,5-7H2,(H,14,16)/t10-,11+/m1/s1. The number of hydrogen-bond acceptors (Lipinski definition) is 4. The molecule has 1 aromatic rings. The number of fused-ring (bicyclic) bond motifs is 1. The number of nitrogens with one attached hydrogen (secondary N) is 1. The Bertz CT molecular complexity index is 632. The van der Waals surface area contributed by atoms with Crippen LogP contribution in [-0.4, -0.2) is 44.5 Å². The lowest BCUT2D eigenvalue weighted by molar-refractivity contribution is -0.121. The van der Waals surface area contributed by atoms with Crippen LogP contribution >= 0.6 is 15.9 Å². The maximum absolute atomic E-state index is 11.8. The molecule has 7 heteroatoms. The lowest BCUT2D eigenvalue weighted by atomic mass is 10.1. The predicted molar refractivity (Wildman–Crippen MR) is 75.9 cm³/mol. The Hall–Kier alpha value is -1.08. The van der Waals surface area contributed by atoms with Crippen molar-refractivity contribution in [3.8, 4) is 0 Å². The van der Waals surface area contributed by atoms with Gasteiger partial charge in [0.1, 0.15) is 0 Å². The van der Waals surface area contributed by atoms with E-state index in [9.17, 15) is 13.2 Å². The first-order chi connectivity index (χ1) is 8.94. The fourth-order valence-electron chi connectivity index (χ4n) is 2.74. The van der Waals surface area contributed by atoms with Crippen LogP contribution in [0.5, 0.6) is 0 Å². The maximum atomic E-state index is 11.8. The quantitative estimate of drug-likeness (QED) is 0.807. The summed E-state index contributed by atoms with van der Waals surface area (Å²) in [6.45, 7) is 0.202. The van der Waals surface area contributed by atoms with Crippen LogP contribution < -0.4 is 10.2 Å². The molecule has 102 valence electrons. The van der Waals surface area contributed by atoms with Crippen molar-refractivity contribution < 1.29 is 13.2 Å². The van der Waals surface area contributed by atoms with E-state index in [1.54, 1.807) is 0 Å². The molecule has 0 radical (unpaired) electrons. The van der Waals surface area contributed by atoms with Gasteiger partial charge in [-0.15, -0.1) is 0 Å². The second-order valence-electron chi connectivity index (χ2n) is 4.93. The molecule has 2 aliphatic heterocycles. The van der Waals surface area contributed by atoms with Gasteiger partial charge in [-0.3, -0.25) is 4.79 Å². The summed E-state index contributed by atoms with van der Waals surface area (Å²) in [6, 6.07) is 7.11. The molecule has 0 unspecified atom stereocenters. The SMILES string of the molecule is O=C1CN(c2cccc(Br)c2)[C@H]2CS(=O)(=O)C[C@H]2N1.